The maximum atomic E-state index is 13.9. The molecule has 1 aromatic heterocycles. The summed E-state index contributed by atoms with van der Waals surface area (Å²) in [5.41, 5.74) is 0.682. The number of carbonyl (C=O) groups excluding carboxylic acids is 1. The van der Waals surface area contributed by atoms with Gasteiger partial charge in [-0.3, -0.25) is 4.79 Å². The number of methoxy groups -OCH3 is 1. The average molecular weight is 357 g/mol. The Hall–Kier alpha value is -3.01. The van der Waals surface area contributed by atoms with Gasteiger partial charge in [-0.25, -0.2) is 13.8 Å². The van der Waals surface area contributed by atoms with Crippen molar-refractivity contribution < 1.29 is 18.3 Å². The van der Waals surface area contributed by atoms with E-state index in [-0.39, 0.29) is 11.4 Å². The molecule has 0 saturated carbocycles. The lowest BCUT2D eigenvalue weighted by Gasteiger charge is -2.34. The maximum Gasteiger partial charge on any atom is 0.233 e. The number of aromatic nitrogens is 1. The number of Topliss-reactive ketones (excluding diaryl/α,β-unsaturated/α-hetero) is 1. The zero-order chi connectivity index (χ0) is 18.7. The Morgan fingerprint density at radius 3 is 2.92 bits per heavy atom. The predicted octanol–water partition coefficient (Wildman–Crippen LogP) is 3.34. The molecular formula is C19H17F2N3O2. The Morgan fingerprint density at radius 2 is 2.19 bits per heavy atom. The van der Waals surface area contributed by atoms with Crippen LogP contribution < -0.4 is 9.64 Å². The maximum absolute atomic E-state index is 13.9. The number of hydrogen-bond acceptors (Lipinski definition) is 5. The van der Waals surface area contributed by atoms with E-state index in [2.05, 4.69) is 11.1 Å². The first-order chi connectivity index (χ1) is 12.5. The van der Waals surface area contributed by atoms with Gasteiger partial charge in [0, 0.05) is 25.2 Å². The molecule has 0 amide bonds. The Labute approximate surface area is 149 Å². The van der Waals surface area contributed by atoms with E-state index in [0.717, 1.165) is 18.2 Å². The summed E-state index contributed by atoms with van der Waals surface area (Å²) in [6.45, 7) is 0.966. The molecule has 1 atom stereocenters. The van der Waals surface area contributed by atoms with E-state index < -0.39 is 23.3 Å². The summed E-state index contributed by atoms with van der Waals surface area (Å²) >= 11 is 0. The first-order valence-electron chi connectivity index (χ1n) is 8.22. The SMILES string of the molecule is COc1nccc(N2CCC[C@@H](C(=O)c3cc(F)ccc3F)C2)c1C#N. The molecule has 5 nitrogen and oxygen atoms in total. The normalized spacial score (nSPS) is 16.8. The van der Waals surface area contributed by atoms with Crippen LogP contribution in [0.2, 0.25) is 0 Å². The highest BCUT2D eigenvalue weighted by molar-refractivity contribution is 5.98. The Bertz CT molecular complexity index is 880. The van der Waals surface area contributed by atoms with Gasteiger partial charge >= 0.3 is 0 Å². The van der Waals surface area contributed by atoms with Crippen molar-refractivity contribution in [1.82, 2.24) is 4.98 Å². The fraction of sp³-hybridized carbons (Fsp3) is 0.316. The minimum absolute atomic E-state index is 0.217. The smallest absolute Gasteiger partial charge is 0.233 e. The van der Waals surface area contributed by atoms with Crippen LogP contribution in [0.5, 0.6) is 5.88 Å². The molecule has 134 valence electrons. The Kier molecular flexibility index (Phi) is 5.12. The van der Waals surface area contributed by atoms with Crippen LogP contribution in [0.1, 0.15) is 28.8 Å². The number of pyridine rings is 1. The number of nitrogens with zero attached hydrogens (tertiary/aromatic N) is 3. The van der Waals surface area contributed by atoms with Gasteiger partial charge in [-0.15, -0.1) is 0 Å². The third-order valence-corrected chi connectivity index (χ3v) is 4.53. The highest BCUT2D eigenvalue weighted by Crippen LogP contribution is 2.31. The fourth-order valence-electron chi connectivity index (χ4n) is 3.27. The molecule has 1 aliphatic heterocycles. The summed E-state index contributed by atoms with van der Waals surface area (Å²) in [6, 6.07) is 6.66. The van der Waals surface area contributed by atoms with E-state index >= 15 is 0 Å². The Morgan fingerprint density at radius 1 is 1.38 bits per heavy atom. The van der Waals surface area contributed by atoms with Crippen LogP contribution in [0.15, 0.2) is 30.5 Å². The molecule has 0 aliphatic carbocycles. The third-order valence-electron chi connectivity index (χ3n) is 4.53. The van der Waals surface area contributed by atoms with Gasteiger partial charge in [0.15, 0.2) is 5.78 Å². The molecule has 2 aromatic rings. The van der Waals surface area contributed by atoms with Gasteiger partial charge in [0.1, 0.15) is 23.3 Å². The summed E-state index contributed by atoms with van der Waals surface area (Å²) < 4.78 is 32.5. The minimum Gasteiger partial charge on any atom is -0.480 e. The monoisotopic (exact) mass is 357 g/mol. The van der Waals surface area contributed by atoms with Crippen LogP contribution >= 0.6 is 0 Å². The van der Waals surface area contributed by atoms with Crippen molar-refractivity contribution in [3.05, 3.63) is 53.2 Å². The highest BCUT2D eigenvalue weighted by atomic mass is 19.1. The standard InChI is InChI=1S/C19H17F2N3O2/c1-26-19-15(10-22)17(6-7-23-19)24-8-2-3-12(11-24)18(25)14-9-13(20)4-5-16(14)21/h4-7,9,12H,2-3,8,11H2,1H3/t12-/m1/s1. The molecule has 1 aromatic carbocycles. The molecule has 26 heavy (non-hydrogen) atoms. The molecule has 0 bridgehead atoms. The van der Waals surface area contributed by atoms with Crippen LogP contribution in [0.25, 0.3) is 0 Å². The molecule has 0 radical (unpaired) electrons. The fourth-order valence-corrected chi connectivity index (χ4v) is 3.27. The van der Waals surface area contributed by atoms with E-state index in [1.165, 1.54) is 13.3 Å². The molecule has 0 unspecified atom stereocenters. The van der Waals surface area contributed by atoms with Crippen molar-refractivity contribution in [2.24, 2.45) is 5.92 Å². The van der Waals surface area contributed by atoms with Gasteiger partial charge in [0.25, 0.3) is 0 Å². The van der Waals surface area contributed by atoms with Gasteiger partial charge in [-0.1, -0.05) is 0 Å². The summed E-state index contributed by atoms with van der Waals surface area (Å²) in [6.07, 6.45) is 2.81. The van der Waals surface area contributed by atoms with Gasteiger partial charge < -0.3 is 9.64 Å². The van der Waals surface area contributed by atoms with Gasteiger partial charge in [0.05, 0.1) is 18.4 Å². The number of halogens is 2. The topological polar surface area (TPSA) is 66.2 Å². The summed E-state index contributed by atoms with van der Waals surface area (Å²) in [7, 11) is 1.43. The average Bonchev–Trinajstić information content (AvgIpc) is 2.68. The first-order valence-corrected chi connectivity index (χ1v) is 8.22. The second-order valence-corrected chi connectivity index (χ2v) is 6.10. The number of carbonyl (C=O) groups is 1. The van der Waals surface area contributed by atoms with Crippen LogP contribution in [0.3, 0.4) is 0 Å². The summed E-state index contributed by atoms with van der Waals surface area (Å²) in [5.74, 6) is -2.06. The summed E-state index contributed by atoms with van der Waals surface area (Å²) in [4.78, 5) is 18.6. The Balaban J connectivity index is 1.88. The number of nitriles is 1. The number of ether oxygens (including phenoxy) is 1. The van der Waals surface area contributed by atoms with E-state index in [0.29, 0.717) is 37.2 Å². The van der Waals surface area contributed by atoms with Crippen molar-refractivity contribution in [2.45, 2.75) is 12.8 Å². The van der Waals surface area contributed by atoms with Crippen molar-refractivity contribution in [1.29, 1.82) is 5.26 Å². The number of benzene rings is 1. The minimum atomic E-state index is -0.725. The van der Waals surface area contributed by atoms with E-state index in [1.54, 1.807) is 6.07 Å². The van der Waals surface area contributed by atoms with Gasteiger partial charge in [-0.2, -0.15) is 5.26 Å². The van der Waals surface area contributed by atoms with Gasteiger partial charge in [0.2, 0.25) is 5.88 Å². The van der Waals surface area contributed by atoms with Crippen molar-refractivity contribution in [3.63, 3.8) is 0 Å². The van der Waals surface area contributed by atoms with Gasteiger partial charge in [-0.05, 0) is 37.1 Å². The predicted molar refractivity (Wildman–Crippen MR) is 91.1 cm³/mol. The van der Waals surface area contributed by atoms with Crippen LogP contribution in [-0.4, -0.2) is 31.0 Å². The van der Waals surface area contributed by atoms with Crippen LogP contribution in [0, 0.1) is 28.9 Å². The zero-order valence-electron chi connectivity index (χ0n) is 14.2. The zero-order valence-corrected chi connectivity index (χ0v) is 14.2. The third kappa shape index (κ3) is 3.36. The molecule has 0 N–H and O–H groups in total. The van der Waals surface area contributed by atoms with Crippen LogP contribution in [0.4, 0.5) is 14.5 Å². The number of ketones is 1. The molecule has 3 rings (SSSR count). The number of rotatable bonds is 4. The van der Waals surface area contributed by atoms with E-state index in [1.807, 2.05) is 4.90 Å². The second-order valence-electron chi connectivity index (χ2n) is 6.10. The quantitative estimate of drug-likeness (QED) is 0.785. The lowest BCUT2D eigenvalue weighted by Crippen LogP contribution is -2.39. The molecule has 0 spiro atoms. The molecule has 7 heteroatoms. The molecule has 1 fully saturated rings. The molecule has 2 heterocycles. The number of piperidine rings is 1. The van der Waals surface area contributed by atoms with E-state index in [9.17, 15) is 18.8 Å². The van der Waals surface area contributed by atoms with Crippen LogP contribution in [-0.2, 0) is 0 Å². The van der Waals surface area contributed by atoms with Crippen molar-refractivity contribution in [2.75, 3.05) is 25.1 Å². The number of hydrogen-bond donors (Lipinski definition) is 0. The highest BCUT2D eigenvalue weighted by Gasteiger charge is 2.30. The molecule has 1 aliphatic rings. The second kappa shape index (κ2) is 7.48. The lowest BCUT2D eigenvalue weighted by atomic mass is 9.89. The van der Waals surface area contributed by atoms with Crippen molar-refractivity contribution in [3.8, 4) is 11.9 Å². The molecule has 1 saturated heterocycles. The first kappa shape index (κ1) is 17.8. The lowest BCUT2D eigenvalue weighted by molar-refractivity contribution is 0.0902. The summed E-state index contributed by atoms with van der Waals surface area (Å²) in [5, 5.41) is 9.43. The molecular weight excluding hydrogens is 340 g/mol. The number of anilines is 1. The van der Waals surface area contributed by atoms with Crippen molar-refractivity contribution >= 4 is 11.5 Å². The van der Waals surface area contributed by atoms with E-state index in [4.69, 9.17) is 4.74 Å². The largest absolute Gasteiger partial charge is 0.480 e.